The number of carbonyl (C=O) groups is 2. The van der Waals surface area contributed by atoms with Crippen molar-refractivity contribution in [3.05, 3.63) is 59.2 Å². The number of carboxylic acid groups (broad SMARTS) is 1. The number of fused-ring (bicyclic) bond motifs is 2. The highest BCUT2D eigenvalue weighted by Crippen LogP contribution is 2.36. The fraction of sp³-hybridized carbons (Fsp3) is 0.273. The third-order valence-electron chi connectivity index (χ3n) is 5.33. The smallest absolute Gasteiger partial charge is 0.328 e. The summed E-state index contributed by atoms with van der Waals surface area (Å²) in [6, 6.07) is 12.6. The maximum absolute atomic E-state index is 11.7. The van der Waals surface area contributed by atoms with Crippen LogP contribution in [0.5, 0.6) is 0 Å². The van der Waals surface area contributed by atoms with Crippen LogP contribution in [0.3, 0.4) is 0 Å². The predicted molar refractivity (Wildman–Crippen MR) is 102 cm³/mol. The Morgan fingerprint density at radius 3 is 2.54 bits per heavy atom. The summed E-state index contributed by atoms with van der Waals surface area (Å²) in [5.74, 6) is -0.811. The van der Waals surface area contributed by atoms with Crippen molar-refractivity contribution in [3.8, 4) is 11.1 Å². The number of amides is 1. The number of hydrogen-bond acceptors (Lipinski definition) is 2. The van der Waals surface area contributed by atoms with E-state index in [1.807, 2.05) is 17.0 Å². The van der Waals surface area contributed by atoms with Gasteiger partial charge < -0.3 is 10.0 Å². The molecule has 4 rings (SSSR count). The standard InChI is InChI=1S/C22H21NO3/c1-14(24)23-10-9-19-11-16(7-8-21(19)23)17-6-5-15-3-2-4-18(13-22(25)26)20(15)12-17/h5-8,11-13H,2-4,9-10H2,1H3,(H,25,26)/b18-13+. The quantitative estimate of drug-likeness (QED) is 0.833. The van der Waals surface area contributed by atoms with Crippen LogP contribution < -0.4 is 4.90 Å². The van der Waals surface area contributed by atoms with E-state index in [-0.39, 0.29) is 5.91 Å². The molecule has 0 unspecified atom stereocenters. The Bertz CT molecular complexity index is 942. The zero-order chi connectivity index (χ0) is 18.3. The molecule has 4 nitrogen and oxygen atoms in total. The van der Waals surface area contributed by atoms with Crippen molar-refractivity contribution in [1.82, 2.24) is 0 Å². The Balaban J connectivity index is 1.74. The number of carbonyl (C=O) groups excluding carboxylic acids is 1. The van der Waals surface area contributed by atoms with Gasteiger partial charge in [-0.2, -0.15) is 0 Å². The number of aliphatic carboxylic acids is 1. The molecule has 2 aromatic rings. The SMILES string of the molecule is CC(=O)N1CCc2cc(-c3ccc4c(c3)/C(=C/C(=O)O)CCC4)ccc21. The molecule has 0 saturated carbocycles. The Morgan fingerprint density at radius 2 is 1.77 bits per heavy atom. The number of carboxylic acids is 1. The third kappa shape index (κ3) is 2.92. The van der Waals surface area contributed by atoms with Crippen molar-refractivity contribution >= 4 is 23.1 Å². The molecule has 1 aliphatic heterocycles. The Morgan fingerprint density at radius 1 is 1.00 bits per heavy atom. The fourth-order valence-corrected chi connectivity index (χ4v) is 4.08. The second kappa shape index (κ2) is 6.45. The normalized spacial score (nSPS) is 17.1. The molecule has 0 atom stereocenters. The molecule has 0 spiro atoms. The van der Waals surface area contributed by atoms with E-state index in [1.165, 1.54) is 17.2 Å². The Hall–Kier alpha value is -2.88. The van der Waals surface area contributed by atoms with Crippen molar-refractivity contribution in [1.29, 1.82) is 0 Å². The lowest BCUT2D eigenvalue weighted by Gasteiger charge is -2.20. The van der Waals surface area contributed by atoms with E-state index in [0.29, 0.717) is 0 Å². The lowest BCUT2D eigenvalue weighted by molar-refractivity contribution is -0.131. The van der Waals surface area contributed by atoms with Crippen LogP contribution in [0.2, 0.25) is 0 Å². The summed E-state index contributed by atoms with van der Waals surface area (Å²) in [4.78, 5) is 24.7. The summed E-state index contributed by atoms with van der Waals surface area (Å²) >= 11 is 0. The predicted octanol–water partition coefficient (Wildman–Crippen LogP) is 4.07. The van der Waals surface area contributed by atoms with Crippen LogP contribution in [0.4, 0.5) is 5.69 Å². The molecule has 0 fully saturated rings. The first-order chi connectivity index (χ1) is 12.5. The van der Waals surface area contributed by atoms with Crippen LogP contribution in [0.25, 0.3) is 16.7 Å². The minimum absolute atomic E-state index is 0.0775. The van der Waals surface area contributed by atoms with Gasteiger partial charge >= 0.3 is 5.97 Å². The average molecular weight is 347 g/mol. The maximum atomic E-state index is 11.7. The summed E-state index contributed by atoms with van der Waals surface area (Å²) < 4.78 is 0. The minimum Gasteiger partial charge on any atom is -0.478 e. The molecule has 26 heavy (non-hydrogen) atoms. The topological polar surface area (TPSA) is 57.6 Å². The van der Waals surface area contributed by atoms with Gasteiger partial charge in [-0.05, 0) is 77.3 Å². The summed E-state index contributed by atoms with van der Waals surface area (Å²) in [6.07, 6.45) is 5.00. The molecule has 0 radical (unpaired) electrons. The summed E-state index contributed by atoms with van der Waals surface area (Å²) in [7, 11) is 0. The second-order valence-corrected chi connectivity index (χ2v) is 7.00. The maximum Gasteiger partial charge on any atom is 0.328 e. The number of benzene rings is 2. The van der Waals surface area contributed by atoms with Crippen LogP contribution in [-0.4, -0.2) is 23.5 Å². The molecular formula is C22H21NO3. The minimum atomic E-state index is -0.889. The van der Waals surface area contributed by atoms with Gasteiger partial charge in [0.2, 0.25) is 5.91 Å². The number of nitrogens with zero attached hydrogens (tertiary/aromatic N) is 1. The van der Waals surface area contributed by atoms with Crippen LogP contribution in [0.15, 0.2) is 42.5 Å². The van der Waals surface area contributed by atoms with E-state index in [1.54, 1.807) is 6.92 Å². The van der Waals surface area contributed by atoms with Crippen molar-refractivity contribution in [2.75, 3.05) is 11.4 Å². The molecule has 2 aromatic carbocycles. The fourth-order valence-electron chi connectivity index (χ4n) is 4.08. The number of aryl methyl sites for hydroxylation is 1. The van der Waals surface area contributed by atoms with E-state index in [9.17, 15) is 9.59 Å². The first kappa shape index (κ1) is 16.6. The lowest BCUT2D eigenvalue weighted by Crippen LogP contribution is -2.25. The number of allylic oxidation sites excluding steroid dienone is 1. The lowest BCUT2D eigenvalue weighted by atomic mass is 9.85. The highest BCUT2D eigenvalue weighted by molar-refractivity contribution is 5.94. The van der Waals surface area contributed by atoms with E-state index >= 15 is 0 Å². The van der Waals surface area contributed by atoms with Crippen molar-refractivity contribution in [2.24, 2.45) is 0 Å². The molecule has 132 valence electrons. The Labute approximate surface area is 152 Å². The van der Waals surface area contributed by atoms with E-state index in [0.717, 1.165) is 60.2 Å². The zero-order valence-electron chi connectivity index (χ0n) is 14.8. The molecule has 2 aliphatic rings. The van der Waals surface area contributed by atoms with Gasteiger partial charge in [-0.3, -0.25) is 4.79 Å². The monoisotopic (exact) mass is 347 g/mol. The van der Waals surface area contributed by atoms with Gasteiger partial charge in [0.15, 0.2) is 0 Å². The van der Waals surface area contributed by atoms with Gasteiger partial charge in [0.1, 0.15) is 0 Å². The van der Waals surface area contributed by atoms with Gasteiger partial charge in [0.05, 0.1) is 0 Å². The third-order valence-corrected chi connectivity index (χ3v) is 5.33. The molecule has 1 N–H and O–H groups in total. The van der Waals surface area contributed by atoms with Crippen molar-refractivity contribution in [2.45, 2.75) is 32.6 Å². The van der Waals surface area contributed by atoms with Crippen LogP contribution in [0.1, 0.15) is 36.5 Å². The first-order valence-corrected chi connectivity index (χ1v) is 9.01. The van der Waals surface area contributed by atoms with Gasteiger partial charge in [-0.15, -0.1) is 0 Å². The Kier molecular flexibility index (Phi) is 4.11. The first-order valence-electron chi connectivity index (χ1n) is 9.01. The van der Waals surface area contributed by atoms with Crippen molar-refractivity contribution in [3.63, 3.8) is 0 Å². The summed E-state index contributed by atoms with van der Waals surface area (Å²) in [6.45, 7) is 2.34. The highest BCUT2D eigenvalue weighted by atomic mass is 16.4. The van der Waals surface area contributed by atoms with E-state index in [4.69, 9.17) is 5.11 Å². The largest absolute Gasteiger partial charge is 0.478 e. The second-order valence-electron chi connectivity index (χ2n) is 7.00. The van der Waals surface area contributed by atoms with Crippen LogP contribution in [0, 0.1) is 0 Å². The molecule has 4 heteroatoms. The van der Waals surface area contributed by atoms with Crippen molar-refractivity contribution < 1.29 is 14.7 Å². The summed E-state index contributed by atoms with van der Waals surface area (Å²) in [5, 5.41) is 9.14. The van der Waals surface area contributed by atoms with Gasteiger partial charge in [-0.25, -0.2) is 4.79 Å². The van der Waals surface area contributed by atoms with Gasteiger partial charge in [-0.1, -0.05) is 18.2 Å². The molecule has 0 bridgehead atoms. The molecule has 1 amide bonds. The van der Waals surface area contributed by atoms with Gasteiger partial charge in [0, 0.05) is 25.2 Å². The van der Waals surface area contributed by atoms with Gasteiger partial charge in [0.25, 0.3) is 0 Å². The highest BCUT2D eigenvalue weighted by Gasteiger charge is 2.22. The number of rotatable bonds is 2. The van der Waals surface area contributed by atoms with E-state index < -0.39 is 5.97 Å². The molecule has 1 aliphatic carbocycles. The van der Waals surface area contributed by atoms with Crippen LogP contribution in [-0.2, 0) is 22.4 Å². The van der Waals surface area contributed by atoms with E-state index in [2.05, 4.69) is 24.3 Å². The van der Waals surface area contributed by atoms with Crippen LogP contribution >= 0.6 is 0 Å². The molecular weight excluding hydrogens is 326 g/mol. The molecule has 1 heterocycles. The number of anilines is 1. The zero-order valence-corrected chi connectivity index (χ0v) is 14.8. The molecule has 0 aromatic heterocycles. The number of hydrogen-bond donors (Lipinski definition) is 1. The summed E-state index contributed by atoms with van der Waals surface area (Å²) in [5.41, 5.74) is 7.58. The molecule has 0 saturated heterocycles. The average Bonchev–Trinajstić information content (AvgIpc) is 3.04.